The van der Waals surface area contributed by atoms with Crippen molar-refractivity contribution in [2.24, 2.45) is 13.0 Å². The quantitative estimate of drug-likeness (QED) is 0.715. The van der Waals surface area contributed by atoms with Crippen LogP contribution in [-0.2, 0) is 13.5 Å². The summed E-state index contributed by atoms with van der Waals surface area (Å²) in [4.78, 5) is 17.4. The van der Waals surface area contributed by atoms with Crippen LogP contribution in [0.1, 0.15) is 40.2 Å². The van der Waals surface area contributed by atoms with Crippen molar-refractivity contribution in [3.05, 3.63) is 52.8 Å². The van der Waals surface area contributed by atoms with E-state index < -0.39 is 0 Å². The number of ether oxygens (including phenoxy) is 1. The van der Waals surface area contributed by atoms with Crippen LogP contribution in [0.5, 0.6) is 5.75 Å². The Kier molecular flexibility index (Phi) is 7.01. The van der Waals surface area contributed by atoms with E-state index >= 15 is 0 Å². The average molecular weight is 398 g/mol. The molecule has 1 aliphatic heterocycles. The van der Waals surface area contributed by atoms with Crippen LogP contribution >= 0.6 is 0 Å². The highest BCUT2D eigenvalue weighted by Crippen LogP contribution is 2.21. The van der Waals surface area contributed by atoms with Gasteiger partial charge in [-0.05, 0) is 69.3 Å². The summed E-state index contributed by atoms with van der Waals surface area (Å²) < 4.78 is 7.32. The minimum atomic E-state index is 0.140. The first-order chi connectivity index (χ1) is 13.9. The van der Waals surface area contributed by atoms with Crippen LogP contribution in [-0.4, -0.2) is 60.6 Å². The molecule has 1 atom stereocenters. The maximum absolute atomic E-state index is 12.9. The Morgan fingerprint density at radius 3 is 2.59 bits per heavy atom. The zero-order valence-electron chi connectivity index (χ0n) is 18.6. The predicted octanol–water partition coefficient (Wildman–Crippen LogP) is 3.68. The van der Waals surface area contributed by atoms with E-state index in [0.717, 1.165) is 55.3 Å². The Hall–Kier alpha value is -2.27. The van der Waals surface area contributed by atoms with E-state index in [-0.39, 0.29) is 5.91 Å². The average Bonchev–Trinajstić information content (AvgIpc) is 2.99. The van der Waals surface area contributed by atoms with Crippen molar-refractivity contribution in [3.8, 4) is 5.75 Å². The monoisotopic (exact) mass is 397 g/mol. The van der Waals surface area contributed by atoms with Gasteiger partial charge in [0.1, 0.15) is 5.75 Å². The maximum Gasteiger partial charge on any atom is 0.255 e. The zero-order valence-corrected chi connectivity index (χ0v) is 18.6. The van der Waals surface area contributed by atoms with Gasteiger partial charge in [-0.1, -0.05) is 12.1 Å². The lowest BCUT2D eigenvalue weighted by atomic mass is 9.96. The Labute approximate surface area is 175 Å². The van der Waals surface area contributed by atoms with Gasteiger partial charge in [0.05, 0.1) is 12.7 Å². The van der Waals surface area contributed by atoms with Crippen LogP contribution in [0.15, 0.2) is 30.3 Å². The molecule has 0 aliphatic carbocycles. The van der Waals surface area contributed by atoms with E-state index in [2.05, 4.69) is 21.6 Å². The standard InChI is InChI=1S/C24H35N3O2/c1-18-15-23(19(2)26(18)4)24(28)25(3)16-21-7-6-13-27(17-21)14-12-20-8-10-22(29-5)11-9-20/h8-11,15,21H,6-7,12-14,16-17H2,1-5H3. The molecule has 1 amide bonds. The van der Waals surface area contributed by atoms with Gasteiger partial charge in [0.15, 0.2) is 0 Å². The number of carbonyl (C=O) groups is 1. The number of piperidine rings is 1. The van der Waals surface area contributed by atoms with E-state index in [4.69, 9.17) is 4.74 Å². The van der Waals surface area contributed by atoms with Gasteiger partial charge < -0.3 is 19.1 Å². The molecule has 5 nitrogen and oxygen atoms in total. The molecular formula is C24H35N3O2. The molecule has 0 radical (unpaired) electrons. The van der Waals surface area contributed by atoms with Gasteiger partial charge in [0.2, 0.25) is 0 Å². The fraction of sp³-hybridized carbons (Fsp3) is 0.542. The number of benzene rings is 1. The number of carbonyl (C=O) groups excluding carboxylic acids is 1. The van der Waals surface area contributed by atoms with Crippen LogP contribution < -0.4 is 4.74 Å². The maximum atomic E-state index is 12.9. The van der Waals surface area contributed by atoms with Gasteiger partial charge in [-0.25, -0.2) is 0 Å². The zero-order chi connectivity index (χ0) is 21.0. The molecule has 1 saturated heterocycles. The summed E-state index contributed by atoms with van der Waals surface area (Å²) in [6.07, 6.45) is 3.45. The number of nitrogens with zero attached hydrogens (tertiary/aromatic N) is 3. The summed E-state index contributed by atoms with van der Waals surface area (Å²) in [5.41, 5.74) is 4.35. The minimum Gasteiger partial charge on any atom is -0.497 e. The van der Waals surface area contributed by atoms with Crippen LogP contribution in [0.3, 0.4) is 0 Å². The summed E-state index contributed by atoms with van der Waals surface area (Å²) in [6.45, 7) is 8.19. The summed E-state index contributed by atoms with van der Waals surface area (Å²) in [5.74, 6) is 1.59. The lowest BCUT2D eigenvalue weighted by Gasteiger charge is -2.34. The Morgan fingerprint density at radius 1 is 1.24 bits per heavy atom. The molecule has 5 heteroatoms. The number of hydrogen-bond acceptors (Lipinski definition) is 3. The van der Waals surface area contributed by atoms with Crippen molar-refractivity contribution < 1.29 is 9.53 Å². The second-order valence-electron chi connectivity index (χ2n) is 8.44. The highest BCUT2D eigenvalue weighted by atomic mass is 16.5. The summed E-state index contributed by atoms with van der Waals surface area (Å²) in [5, 5.41) is 0. The van der Waals surface area contributed by atoms with Gasteiger partial charge >= 0.3 is 0 Å². The molecule has 1 aromatic carbocycles. The first-order valence-electron chi connectivity index (χ1n) is 10.6. The van der Waals surface area contributed by atoms with Crippen molar-refractivity contribution >= 4 is 5.91 Å². The molecule has 2 heterocycles. The lowest BCUT2D eigenvalue weighted by Crippen LogP contribution is -2.42. The van der Waals surface area contributed by atoms with E-state index in [9.17, 15) is 4.79 Å². The highest BCUT2D eigenvalue weighted by molar-refractivity contribution is 5.95. The molecule has 0 saturated carbocycles. The fourth-order valence-corrected chi connectivity index (χ4v) is 4.33. The van der Waals surface area contributed by atoms with Crippen molar-refractivity contribution in [2.45, 2.75) is 33.1 Å². The first kappa shape index (κ1) is 21.4. The number of hydrogen-bond donors (Lipinski definition) is 0. The molecule has 3 rings (SSSR count). The normalized spacial score (nSPS) is 17.3. The molecule has 158 valence electrons. The van der Waals surface area contributed by atoms with Crippen LogP contribution in [0.25, 0.3) is 0 Å². The number of rotatable bonds is 7. The summed E-state index contributed by atoms with van der Waals surface area (Å²) >= 11 is 0. The lowest BCUT2D eigenvalue weighted by molar-refractivity contribution is 0.0729. The molecule has 0 N–H and O–H groups in total. The highest BCUT2D eigenvalue weighted by Gasteiger charge is 2.24. The molecule has 1 aromatic heterocycles. The van der Waals surface area contributed by atoms with Crippen molar-refractivity contribution in [1.29, 1.82) is 0 Å². The Balaban J connectivity index is 1.51. The van der Waals surface area contributed by atoms with Crippen molar-refractivity contribution in [2.75, 3.05) is 40.3 Å². The third kappa shape index (κ3) is 5.21. The van der Waals surface area contributed by atoms with E-state index in [0.29, 0.717) is 5.92 Å². The number of amides is 1. The molecular weight excluding hydrogens is 362 g/mol. The molecule has 0 bridgehead atoms. The summed E-state index contributed by atoms with van der Waals surface area (Å²) in [7, 11) is 5.66. The first-order valence-corrected chi connectivity index (χ1v) is 10.6. The summed E-state index contributed by atoms with van der Waals surface area (Å²) in [6, 6.07) is 10.4. The fourth-order valence-electron chi connectivity index (χ4n) is 4.33. The van der Waals surface area contributed by atoms with Crippen LogP contribution in [0.2, 0.25) is 0 Å². The van der Waals surface area contributed by atoms with Gasteiger partial charge in [0.25, 0.3) is 5.91 Å². The van der Waals surface area contributed by atoms with Crippen LogP contribution in [0.4, 0.5) is 0 Å². The van der Waals surface area contributed by atoms with E-state index in [1.165, 1.54) is 18.4 Å². The number of methoxy groups -OCH3 is 1. The van der Waals surface area contributed by atoms with Crippen LogP contribution in [0, 0.1) is 19.8 Å². The van der Waals surface area contributed by atoms with Crippen molar-refractivity contribution in [1.82, 2.24) is 14.4 Å². The third-order valence-electron chi connectivity index (χ3n) is 6.36. The second kappa shape index (κ2) is 9.49. The molecule has 1 unspecified atom stereocenters. The van der Waals surface area contributed by atoms with Gasteiger partial charge in [-0.15, -0.1) is 0 Å². The minimum absolute atomic E-state index is 0.140. The van der Waals surface area contributed by atoms with Gasteiger partial charge in [-0.2, -0.15) is 0 Å². The second-order valence-corrected chi connectivity index (χ2v) is 8.44. The predicted molar refractivity (Wildman–Crippen MR) is 118 cm³/mol. The topological polar surface area (TPSA) is 37.7 Å². The smallest absolute Gasteiger partial charge is 0.255 e. The van der Waals surface area contributed by atoms with E-state index in [1.807, 2.05) is 51.0 Å². The Bertz CT molecular complexity index is 825. The molecule has 29 heavy (non-hydrogen) atoms. The van der Waals surface area contributed by atoms with E-state index in [1.54, 1.807) is 7.11 Å². The molecule has 1 aliphatic rings. The molecule has 0 spiro atoms. The Morgan fingerprint density at radius 2 is 1.97 bits per heavy atom. The van der Waals surface area contributed by atoms with Gasteiger partial charge in [-0.3, -0.25) is 4.79 Å². The van der Waals surface area contributed by atoms with Crippen molar-refractivity contribution in [3.63, 3.8) is 0 Å². The van der Waals surface area contributed by atoms with Gasteiger partial charge in [0, 0.05) is 45.1 Å². The number of likely N-dealkylation sites (tertiary alicyclic amines) is 1. The third-order valence-corrected chi connectivity index (χ3v) is 6.36. The molecule has 2 aromatic rings. The molecule has 1 fully saturated rings. The number of aromatic nitrogens is 1. The largest absolute Gasteiger partial charge is 0.497 e. The number of aryl methyl sites for hydroxylation is 1. The SMILES string of the molecule is COc1ccc(CCN2CCCC(CN(C)C(=O)c3cc(C)n(C)c3C)C2)cc1.